The number of rotatable bonds is 4. The molecule has 2 aromatic carbocycles. The van der Waals surface area contributed by atoms with E-state index in [1.165, 1.54) is 0 Å². The number of carbonyl (C=O) groups excluding carboxylic acids is 1. The van der Waals surface area contributed by atoms with Gasteiger partial charge in [0.1, 0.15) is 11.6 Å². The van der Waals surface area contributed by atoms with Gasteiger partial charge in [-0.05, 0) is 37.3 Å². The third-order valence-electron chi connectivity index (χ3n) is 4.52. The normalized spacial score (nSPS) is 12.8. The number of amides is 1. The molecule has 0 saturated carbocycles. The number of benzene rings is 2. The molecule has 0 bridgehead atoms. The first-order chi connectivity index (χ1) is 14.5. The summed E-state index contributed by atoms with van der Waals surface area (Å²) in [5, 5.41) is 9.11. The number of nitrogens with zero attached hydrogens (tertiary/aromatic N) is 2. The fourth-order valence-electron chi connectivity index (χ4n) is 3.08. The highest BCUT2D eigenvalue weighted by molar-refractivity contribution is 5.95. The van der Waals surface area contributed by atoms with Crippen molar-refractivity contribution in [3.63, 3.8) is 0 Å². The number of hydrogen-bond acceptors (Lipinski definition) is 8. The van der Waals surface area contributed by atoms with E-state index < -0.39 is 5.76 Å². The Morgan fingerprint density at radius 2 is 1.90 bits per heavy atom. The molecule has 2 aromatic heterocycles. The average molecular weight is 404 g/mol. The number of ether oxygens (including phenoxy) is 1. The zero-order valence-corrected chi connectivity index (χ0v) is 15.8. The van der Waals surface area contributed by atoms with E-state index in [4.69, 9.17) is 9.15 Å². The Kier molecular flexibility index (Phi) is 4.09. The van der Waals surface area contributed by atoms with Crippen molar-refractivity contribution in [1.29, 1.82) is 0 Å². The number of carbonyl (C=O) groups is 1. The SMILES string of the molecule is Cc1cnc(Nc2ccc3c(c2)OCC(=O)N3)nc1Nc1ccc2oc(=O)[nH]c2c1. The quantitative estimate of drug-likeness (QED) is 0.408. The van der Waals surface area contributed by atoms with Gasteiger partial charge in [-0.2, -0.15) is 4.98 Å². The molecule has 3 heterocycles. The minimum absolute atomic E-state index is 0.0160. The smallest absolute Gasteiger partial charge is 0.417 e. The zero-order chi connectivity index (χ0) is 20.7. The lowest BCUT2D eigenvalue weighted by molar-refractivity contribution is -0.118. The molecule has 0 atom stereocenters. The van der Waals surface area contributed by atoms with Gasteiger partial charge in [-0.25, -0.2) is 9.78 Å². The third kappa shape index (κ3) is 3.41. The third-order valence-corrected chi connectivity index (χ3v) is 4.52. The van der Waals surface area contributed by atoms with Gasteiger partial charge in [0.25, 0.3) is 5.91 Å². The van der Waals surface area contributed by atoms with Gasteiger partial charge >= 0.3 is 5.76 Å². The Balaban J connectivity index is 1.39. The van der Waals surface area contributed by atoms with E-state index in [1.54, 1.807) is 42.6 Å². The molecule has 10 nitrogen and oxygen atoms in total. The van der Waals surface area contributed by atoms with Crippen LogP contribution in [0.5, 0.6) is 5.75 Å². The fraction of sp³-hybridized carbons (Fsp3) is 0.100. The lowest BCUT2D eigenvalue weighted by Gasteiger charge is -2.18. The molecule has 0 fully saturated rings. The average Bonchev–Trinajstić information content (AvgIpc) is 3.10. The standard InChI is InChI=1S/C20H16N6O4/c1-10-8-21-19(23-12-2-4-13-16(7-12)29-9-17(27)24-13)26-18(10)22-11-3-5-15-14(6-11)25-20(28)30-15/h2-8H,9H2,1H3,(H,24,27)(H,25,28)(H2,21,22,23,26). The number of anilines is 5. The van der Waals surface area contributed by atoms with E-state index in [2.05, 4.69) is 30.9 Å². The number of H-pyrrole nitrogens is 1. The van der Waals surface area contributed by atoms with Crippen LogP contribution in [0.1, 0.15) is 5.56 Å². The van der Waals surface area contributed by atoms with E-state index in [0.717, 1.165) is 16.9 Å². The molecule has 0 saturated heterocycles. The van der Waals surface area contributed by atoms with E-state index >= 15 is 0 Å². The highest BCUT2D eigenvalue weighted by atomic mass is 16.5. The van der Waals surface area contributed by atoms with E-state index in [9.17, 15) is 9.59 Å². The largest absolute Gasteiger partial charge is 0.482 e. The van der Waals surface area contributed by atoms with Crippen molar-refractivity contribution in [3.8, 4) is 5.75 Å². The molecular weight excluding hydrogens is 388 g/mol. The molecule has 0 unspecified atom stereocenters. The van der Waals surface area contributed by atoms with Crippen molar-refractivity contribution in [3.05, 3.63) is 58.7 Å². The van der Waals surface area contributed by atoms with Crippen LogP contribution >= 0.6 is 0 Å². The topological polar surface area (TPSA) is 134 Å². The van der Waals surface area contributed by atoms with E-state index in [0.29, 0.717) is 34.3 Å². The van der Waals surface area contributed by atoms with Crippen molar-refractivity contribution in [2.45, 2.75) is 6.92 Å². The first kappa shape index (κ1) is 17.7. The van der Waals surface area contributed by atoms with Crippen LogP contribution in [-0.2, 0) is 4.79 Å². The van der Waals surface area contributed by atoms with Gasteiger partial charge in [0.2, 0.25) is 5.95 Å². The highest BCUT2D eigenvalue weighted by Crippen LogP contribution is 2.31. The summed E-state index contributed by atoms with van der Waals surface area (Å²) in [6, 6.07) is 10.6. The van der Waals surface area contributed by atoms with Crippen LogP contribution < -0.4 is 26.4 Å². The Labute approximate surface area is 169 Å². The molecule has 10 heteroatoms. The van der Waals surface area contributed by atoms with E-state index in [-0.39, 0.29) is 12.5 Å². The number of nitrogens with one attached hydrogen (secondary N) is 4. The Morgan fingerprint density at radius 1 is 1.07 bits per heavy atom. The van der Waals surface area contributed by atoms with Crippen molar-refractivity contribution in [2.75, 3.05) is 22.6 Å². The van der Waals surface area contributed by atoms with Crippen LogP contribution in [0.3, 0.4) is 0 Å². The predicted molar refractivity (Wildman–Crippen MR) is 111 cm³/mol. The van der Waals surface area contributed by atoms with Crippen LogP contribution in [-0.4, -0.2) is 27.5 Å². The molecule has 30 heavy (non-hydrogen) atoms. The maximum Gasteiger partial charge on any atom is 0.417 e. The molecule has 1 amide bonds. The summed E-state index contributed by atoms with van der Waals surface area (Å²) < 4.78 is 10.5. The van der Waals surface area contributed by atoms with Crippen LogP contribution in [0.15, 0.2) is 51.8 Å². The van der Waals surface area contributed by atoms with Gasteiger partial charge in [0.05, 0.1) is 11.2 Å². The number of aryl methyl sites for hydroxylation is 1. The molecule has 0 aliphatic carbocycles. The summed E-state index contributed by atoms with van der Waals surface area (Å²) in [5.74, 6) is 0.895. The zero-order valence-electron chi connectivity index (χ0n) is 15.8. The van der Waals surface area contributed by atoms with Gasteiger partial charge in [-0.15, -0.1) is 0 Å². The molecule has 4 aromatic rings. The Bertz CT molecular complexity index is 1340. The van der Waals surface area contributed by atoms with Crippen molar-refractivity contribution in [1.82, 2.24) is 15.0 Å². The highest BCUT2D eigenvalue weighted by Gasteiger charge is 2.16. The second kappa shape index (κ2) is 6.92. The van der Waals surface area contributed by atoms with Gasteiger partial charge in [-0.1, -0.05) is 0 Å². The summed E-state index contributed by atoms with van der Waals surface area (Å²) >= 11 is 0. The van der Waals surface area contributed by atoms with E-state index in [1.807, 2.05) is 6.92 Å². The van der Waals surface area contributed by atoms with Crippen molar-refractivity contribution >= 4 is 45.8 Å². The molecule has 0 radical (unpaired) electrons. The molecule has 1 aliphatic rings. The van der Waals surface area contributed by atoms with Crippen LogP contribution in [0.4, 0.5) is 28.8 Å². The van der Waals surface area contributed by atoms with Gasteiger partial charge in [0, 0.05) is 29.2 Å². The molecule has 4 N–H and O–H groups in total. The van der Waals surface area contributed by atoms with Crippen molar-refractivity contribution < 1.29 is 13.9 Å². The fourth-order valence-corrected chi connectivity index (χ4v) is 3.08. The minimum atomic E-state index is -0.500. The maximum atomic E-state index is 11.4. The summed E-state index contributed by atoms with van der Waals surface area (Å²) in [6.45, 7) is 1.87. The molecule has 5 rings (SSSR count). The first-order valence-corrected chi connectivity index (χ1v) is 9.11. The second-order valence-corrected chi connectivity index (χ2v) is 6.75. The van der Waals surface area contributed by atoms with Crippen LogP contribution in [0.25, 0.3) is 11.1 Å². The minimum Gasteiger partial charge on any atom is -0.482 e. The number of aromatic amines is 1. The predicted octanol–water partition coefficient (Wildman–Crippen LogP) is 3.04. The molecule has 0 spiro atoms. The second-order valence-electron chi connectivity index (χ2n) is 6.75. The van der Waals surface area contributed by atoms with Crippen LogP contribution in [0.2, 0.25) is 0 Å². The summed E-state index contributed by atoms with van der Waals surface area (Å²) in [5.41, 5.74) is 4.01. The Morgan fingerprint density at radius 3 is 2.80 bits per heavy atom. The molecule has 1 aliphatic heterocycles. The first-order valence-electron chi connectivity index (χ1n) is 9.11. The maximum absolute atomic E-state index is 11.4. The summed E-state index contributed by atoms with van der Waals surface area (Å²) in [7, 11) is 0. The number of fused-ring (bicyclic) bond motifs is 2. The Hall–Kier alpha value is -4.34. The van der Waals surface area contributed by atoms with Gasteiger partial charge < -0.3 is 25.1 Å². The number of hydrogen-bond donors (Lipinski definition) is 4. The number of oxazole rings is 1. The summed E-state index contributed by atoms with van der Waals surface area (Å²) in [4.78, 5) is 34.2. The van der Waals surface area contributed by atoms with Gasteiger partial charge in [-0.3, -0.25) is 9.78 Å². The lowest BCUT2D eigenvalue weighted by Crippen LogP contribution is -2.25. The molecule has 150 valence electrons. The monoisotopic (exact) mass is 404 g/mol. The van der Waals surface area contributed by atoms with Crippen molar-refractivity contribution in [2.24, 2.45) is 0 Å². The molecular formula is C20H16N6O4. The number of aromatic nitrogens is 3. The van der Waals surface area contributed by atoms with Gasteiger partial charge in [0.15, 0.2) is 12.2 Å². The van der Waals surface area contributed by atoms with Crippen LogP contribution in [0, 0.1) is 6.92 Å². The lowest BCUT2D eigenvalue weighted by atomic mass is 10.2. The summed E-state index contributed by atoms with van der Waals surface area (Å²) in [6.07, 6.45) is 1.70.